The third-order valence-electron chi connectivity index (χ3n) is 4.50. The van der Waals surface area contributed by atoms with Crippen LogP contribution in [0, 0.1) is 0 Å². The normalized spacial score (nSPS) is 10.5. The van der Waals surface area contributed by atoms with E-state index in [-0.39, 0.29) is 11.5 Å². The molecule has 2 heterocycles. The highest BCUT2D eigenvalue weighted by Crippen LogP contribution is 2.26. The van der Waals surface area contributed by atoms with Crippen LogP contribution in [0.5, 0.6) is 0 Å². The molecule has 4 rings (SSSR count). The van der Waals surface area contributed by atoms with Gasteiger partial charge in [-0.2, -0.15) is 0 Å². The minimum absolute atomic E-state index is 0.286. The summed E-state index contributed by atoms with van der Waals surface area (Å²) in [5.74, 6) is -0.860. The largest absolute Gasteiger partial charge is 0.465 e. The molecule has 6 heteroatoms. The number of ether oxygens (including phenoxy) is 1. The Labute approximate surface area is 167 Å². The van der Waals surface area contributed by atoms with Gasteiger partial charge in [0.25, 0.3) is 5.91 Å². The van der Waals surface area contributed by atoms with Crippen LogP contribution in [-0.4, -0.2) is 29.0 Å². The Hall–Kier alpha value is -4.06. The number of esters is 1. The maximum absolute atomic E-state index is 13.2. The number of methoxy groups -OCH3 is 1. The van der Waals surface area contributed by atoms with E-state index in [1.165, 1.54) is 7.11 Å². The summed E-state index contributed by atoms with van der Waals surface area (Å²) in [6, 6.07) is 19.6. The molecule has 2 aromatic heterocycles. The fourth-order valence-corrected chi connectivity index (χ4v) is 3.10. The van der Waals surface area contributed by atoms with Gasteiger partial charge in [-0.1, -0.05) is 30.3 Å². The number of carbonyl (C=O) groups is 2. The predicted octanol–water partition coefficient (Wildman–Crippen LogP) is 4.34. The van der Waals surface area contributed by atoms with Gasteiger partial charge in [0.05, 0.1) is 35.1 Å². The monoisotopic (exact) mass is 383 g/mol. The number of nitrogens with zero attached hydrogens (tertiary/aromatic N) is 2. The van der Waals surface area contributed by atoms with Crippen LogP contribution in [-0.2, 0) is 4.74 Å². The predicted molar refractivity (Wildman–Crippen MR) is 111 cm³/mol. The highest BCUT2D eigenvalue weighted by molar-refractivity contribution is 6.14. The highest BCUT2D eigenvalue weighted by atomic mass is 16.5. The summed E-state index contributed by atoms with van der Waals surface area (Å²) in [6.07, 6.45) is 3.38. The van der Waals surface area contributed by atoms with Crippen molar-refractivity contribution in [1.29, 1.82) is 0 Å². The summed E-state index contributed by atoms with van der Waals surface area (Å²) < 4.78 is 4.80. The number of fused-ring (bicyclic) bond motifs is 1. The zero-order valence-corrected chi connectivity index (χ0v) is 15.6. The maximum atomic E-state index is 13.2. The zero-order chi connectivity index (χ0) is 20.2. The molecule has 4 aromatic rings. The molecule has 0 aliphatic carbocycles. The van der Waals surface area contributed by atoms with Crippen molar-refractivity contribution in [3.63, 3.8) is 0 Å². The van der Waals surface area contributed by atoms with Gasteiger partial charge in [-0.25, -0.2) is 9.78 Å². The van der Waals surface area contributed by atoms with E-state index in [0.717, 1.165) is 5.56 Å². The first-order valence-corrected chi connectivity index (χ1v) is 8.96. The molecule has 0 saturated carbocycles. The Morgan fingerprint density at radius 1 is 0.931 bits per heavy atom. The first-order chi connectivity index (χ1) is 14.2. The Bertz CT molecular complexity index is 1210. The van der Waals surface area contributed by atoms with Gasteiger partial charge in [0.15, 0.2) is 0 Å². The van der Waals surface area contributed by atoms with Gasteiger partial charge in [0.2, 0.25) is 0 Å². The van der Waals surface area contributed by atoms with Crippen molar-refractivity contribution in [1.82, 2.24) is 9.97 Å². The van der Waals surface area contributed by atoms with E-state index in [4.69, 9.17) is 4.74 Å². The summed E-state index contributed by atoms with van der Waals surface area (Å²) in [6.45, 7) is 0. The number of nitrogens with one attached hydrogen (secondary N) is 1. The number of para-hydroxylation sites is 2. The van der Waals surface area contributed by atoms with Gasteiger partial charge >= 0.3 is 5.97 Å². The van der Waals surface area contributed by atoms with E-state index in [2.05, 4.69) is 15.3 Å². The number of rotatable bonds is 4. The van der Waals surface area contributed by atoms with E-state index in [1.807, 2.05) is 36.4 Å². The third kappa shape index (κ3) is 3.68. The van der Waals surface area contributed by atoms with Crippen molar-refractivity contribution in [2.75, 3.05) is 12.4 Å². The number of carbonyl (C=O) groups excluding carboxylic acids is 2. The lowest BCUT2D eigenvalue weighted by Crippen LogP contribution is -2.16. The van der Waals surface area contributed by atoms with Crippen molar-refractivity contribution in [3.05, 3.63) is 90.3 Å². The molecule has 0 atom stereocenters. The Morgan fingerprint density at radius 3 is 2.52 bits per heavy atom. The van der Waals surface area contributed by atoms with Crippen LogP contribution >= 0.6 is 0 Å². The average Bonchev–Trinajstić information content (AvgIpc) is 2.78. The fraction of sp³-hybridized carbons (Fsp3) is 0.0435. The van der Waals surface area contributed by atoms with E-state index < -0.39 is 5.97 Å². The van der Waals surface area contributed by atoms with E-state index in [1.54, 1.807) is 42.7 Å². The summed E-state index contributed by atoms with van der Waals surface area (Å²) in [5, 5.41) is 3.55. The van der Waals surface area contributed by atoms with Gasteiger partial charge in [-0.15, -0.1) is 0 Å². The lowest BCUT2D eigenvalue weighted by atomic mass is 10.0. The smallest absolute Gasteiger partial charge is 0.339 e. The third-order valence-corrected chi connectivity index (χ3v) is 4.50. The molecule has 1 amide bonds. The summed E-state index contributed by atoms with van der Waals surface area (Å²) in [5.41, 5.74) is 3.27. The number of aromatic nitrogens is 2. The molecular formula is C23H17N3O3. The average molecular weight is 383 g/mol. The standard InChI is InChI=1S/C23H17N3O3/c1-29-23(28)17-9-3-5-11-20(17)26-22(27)18-13-21(15-7-6-12-24-14-15)25-19-10-4-2-8-16(18)19/h2-14H,1H3,(H,26,27). The van der Waals surface area contributed by atoms with Crippen LogP contribution in [0.15, 0.2) is 79.1 Å². The fourth-order valence-electron chi connectivity index (χ4n) is 3.10. The SMILES string of the molecule is COC(=O)c1ccccc1NC(=O)c1cc(-c2cccnc2)nc2ccccc12. The van der Waals surface area contributed by atoms with Crippen LogP contribution < -0.4 is 5.32 Å². The quantitative estimate of drug-likeness (QED) is 0.530. The van der Waals surface area contributed by atoms with E-state index in [0.29, 0.717) is 27.8 Å². The van der Waals surface area contributed by atoms with Crippen molar-refractivity contribution < 1.29 is 14.3 Å². The van der Waals surface area contributed by atoms with Crippen LogP contribution in [0.1, 0.15) is 20.7 Å². The summed E-state index contributed by atoms with van der Waals surface area (Å²) >= 11 is 0. The first kappa shape index (κ1) is 18.3. The molecule has 0 bridgehead atoms. The molecule has 142 valence electrons. The van der Waals surface area contributed by atoms with Gasteiger partial charge in [0, 0.05) is 23.3 Å². The second-order valence-electron chi connectivity index (χ2n) is 6.31. The number of hydrogen-bond donors (Lipinski definition) is 1. The number of amides is 1. The molecule has 0 aliphatic heterocycles. The summed E-state index contributed by atoms with van der Waals surface area (Å²) in [4.78, 5) is 34.0. The lowest BCUT2D eigenvalue weighted by Gasteiger charge is -2.12. The Morgan fingerprint density at radius 2 is 1.72 bits per heavy atom. The van der Waals surface area contributed by atoms with Crippen molar-refractivity contribution in [2.24, 2.45) is 0 Å². The van der Waals surface area contributed by atoms with Crippen molar-refractivity contribution in [2.45, 2.75) is 0 Å². The second kappa shape index (κ2) is 7.90. The second-order valence-corrected chi connectivity index (χ2v) is 6.31. The molecule has 0 aliphatic rings. The number of hydrogen-bond acceptors (Lipinski definition) is 5. The van der Waals surface area contributed by atoms with Crippen molar-refractivity contribution in [3.8, 4) is 11.3 Å². The lowest BCUT2D eigenvalue weighted by molar-refractivity contribution is 0.0602. The van der Waals surface area contributed by atoms with Crippen LogP contribution in [0.2, 0.25) is 0 Å². The highest BCUT2D eigenvalue weighted by Gasteiger charge is 2.17. The van der Waals surface area contributed by atoms with E-state index >= 15 is 0 Å². The molecule has 0 spiro atoms. The van der Waals surface area contributed by atoms with Crippen LogP contribution in [0.25, 0.3) is 22.2 Å². The molecule has 0 fully saturated rings. The molecule has 29 heavy (non-hydrogen) atoms. The number of anilines is 1. The molecular weight excluding hydrogens is 366 g/mol. The van der Waals surface area contributed by atoms with Crippen LogP contribution in [0.4, 0.5) is 5.69 Å². The van der Waals surface area contributed by atoms with Gasteiger partial charge in [-0.05, 0) is 36.4 Å². The molecule has 0 saturated heterocycles. The van der Waals surface area contributed by atoms with E-state index in [9.17, 15) is 9.59 Å². The molecule has 0 radical (unpaired) electrons. The Balaban J connectivity index is 1.80. The maximum Gasteiger partial charge on any atom is 0.339 e. The molecule has 0 unspecified atom stereocenters. The van der Waals surface area contributed by atoms with Crippen molar-refractivity contribution >= 4 is 28.5 Å². The summed E-state index contributed by atoms with van der Waals surface area (Å²) in [7, 11) is 1.30. The zero-order valence-electron chi connectivity index (χ0n) is 15.6. The minimum atomic E-state index is -0.517. The van der Waals surface area contributed by atoms with Gasteiger partial charge in [-0.3, -0.25) is 9.78 Å². The number of pyridine rings is 2. The molecule has 2 aromatic carbocycles. The topological polar surface area (TPSA) is 81.2 Å². The molecule has 1 N–H and O–H groups in total. The minimum Gasteiger partial charge on any atom is -0.465 e. The van der Waals surface area contributed by atoms with Gasteiger partial charge < -0.3 is 10.1 Å². The number of benzene rings is 2. The Kier molecular flexibility index (Phi) is 4.99. The molecule has 6 nitrogen and oxygen atoms in total. The van der Waals surface area contributed by atoms with Gasteiger partial charge in [0.1, 0.15) is 0 Å². The first-order valence-electron chi connectivity index (χ1n) is 8.96. The van der Waals surface area contributed by atoms with Crippen LogP contribution in [0.3, 0.4) is 0 Å².